The maximum atomic E-state index is 3.86. The van der Waals surface area contributed by atoms with Crippen LogP contribution in [0.1, 0.15) is 11.3 Å². The van der Waals surface area contributed by atoms with Crippen molar-refractivity contribution in [3.8, 4) is 27.9 Å². The topological polar surface area (TPSA) is 4.93 Å². The van der Waals surface area contributed by atoms with Crippen LogP contribution in [0.25, 0.3) is 77.2 Å². The molecule has 0 bridgehead atoms. The number of allylic oxidation sites excluding steroid dienone is 2. The molecule has 1 aromatic heterocycles. The molecule has 1 heterocycles. The molecule has 8 rings (SSSR count). The normalized spacial score (nSPS) is 11.9. The number of hydrogen-bond donors (Lipinski definition) is 0. The fraction of sp³-hybridized carbons (Fsp3) is 0.0244. The van der Waals surface area contributed by atoms with Crippen molar-refractivity contribution in [1.29, 1.82) is 0 Å². The standard InChI is InChI=1S/C41H29N/c1-3-4-12-33-27(2)42(39-14-9-8-13-36(33)39)32-21-15-29(16-22-32)35-24-18-31-19-25-37-34(28-10-6-5-7-11-28)23-17-30-20-26-38(35)41(31)40(30)37/h3-26H,1H2,2H3/b12-4-. The van der Waals surface area contributed by atoms with Gasteiger partial charge < -0.3 is 4.57 Å². The van der Waals surface area contributed by atoms with E-state index in [4.69, 9.17) is 0 Å². The van der Waals surface area contributed by atoms with E-state index in [1.165, 1.54) is 76.7 Å². The lowest BCUT2D eigenvalue weighted by molar-refractivity contribution is 1.05. The molecule has 0 aliphatic carbocycles. The maximum Gasteiger partial charge on any atom is 0.0537 e. The molecule has 198 valence electrons. The Labute approximate surface area is 245 Å². The van der Waals surface area contributed by atoms with Gasteiger partial charge in [0.2, 0.25) is 0 Å². The van der Waals surface area contributed by atoms with Gasteiger partial charge in [-0.25, -0.2) is 0 Å². The van der Waals surface area contributed by atoms with Crippen LogP contribution in [0.15, 0.2) is 146 Å². The van der Waals surface area contributed by atoms with E-state index in [1.807, 2.05) is 12.2 Å². The van der Waals surface area contributed by atoms with Crippen LogP contribution in [-0.4, -0.2) is 4.57 Å². The molecule has 0 saturated carbocycles. The van der Waals surface area contributed by atoms with E-state index >= 15 is 0 Å². The number of rotatable bonds is 5. The average molecular weight is 536 g/mol. The largest absolute Gasteiger partial charge is 0.313 e. The van der Waals surface area contributed by atoms with Crippen LogP contribution >= 0.6 is 0 Å². The van der Waals surface area contributed by atoms with Crippen LogP contribution < -0.4 is 0 Å². The van der Waals surface area contributed by atoms with Crippen molar-refractivity contribution in [2.45, 2.75) is 6.92 Å². The Hall–Kier alpha value is -5.40. The Bertz CT molecular complexity index is 2300. The molecule has 1 heteroatoms. The van der Waals surface area contributed by atoms with E-state index < -0.39 is 0 Å². The molecule has 0 N–H and O–H groups in total. The van der Waals surface area contributed by atoms with Gasteiger partial charge in [-0.05, 0) is 79.7 Å². The zero-order chi connectivity index (χ0) is 28.2. The summed E-state index contributed by atoms with van der Waals surface area (Å²) in [5, 5.41) is 9.10. The number of benzene rings is 7. The van der Waals surface area contributed by atoms with Crippen LogP contribution in [0.4, 0.5) is 0 Å². The smallest absolute Gasteiger partial charge is 0.0537 e. The molecular formula is C41H29N. The highest BCUT2D eigenvalue weighted by Gasteiger charge is 2.16. The molecule has 0 atom stereocenters. The molecule has 7 aromatic carbocycles. The minimum atomic E-state index is 1.16. The predicted octanol–water partition coefficient (Wildman–Crippen LogP) is 11.4. The fourth-order valence-electron chi connectivity index (χ4n) is 6.81. The predicted molar refractivity (Wildman–Crippen MR) is 182 cm³/mol. The molecular weight excluding hydrogens is 506 g/mol. The molecule has 0 spiro atoms. The van der Waals surface area contributed by atoms with Gasteiger partial charge >= 0.3 is 0 Å². The molecule has 0 aliphatic heterocycles. The van der Waals surface area contributed by atoms with Crippen molar-refractivity contribution in [1.82, 2.24) is 4.57 Å². The third-order valence-corrected chi connectivity index (χ3v) is 8.75. The average Bonchev–Trinajstić information content (AvgIpc) is 3.33. The highest BCUT2D eigenvalue weighted by molar-refractivity contribution is 6.27. The van der Waals surface area contributed by atoms with E-state index in [9.17, 15) is 0 Å². The summed E-state index contributed by atoms with van der Waals surface area (Å²) in [4.78, 5) is 0. The summed E-state index contributed by atoms with van der Waals surface area (Å²) in [5.74, 6) is 0. The summed E-state index contributed by atoms with van der Waals surface area (Å²) in [7, 11) is 0. The van der Waals surface area contributed by atoms with Crippen LogP contribution in [0, 0.1) is 6.92 Å². The molecule has 8 aromatic rings. The summed E-state index contributed by atoms with van der Waals surface area (Å²) >= 11 is 0. The van der Waals surface area contributed by atoms with Crippen LogP contribution in [0.2, 0.25) is 0 Å². The van der Waals surface area contributed by atoms with Gasteiger partial charge in [0.05, 0.1) is 5.52 Å². The minimum absolute atomic E-state index is 1.16. The third-order valence-electron chi connectivity index (χ3n) is 8.75. The van der Waals surface area contributed by atoms with Gasteiger partial charge in [-0.1, -0.05) is 134 Å². The van der Waals surface area contributed by atoms with Gasteiger partial charge in [-0.2, -0.15) is 0 Å². The van der Waals surface area contributed by atoms with E-state index in [1.54, 1.807) is 0 Å². The lowest BCUT2D eigenvalue weighted by Crippen LogP contribution is -1.96. The molecule has 0 saturated heterocycles. The first-order valence-corrected chi connectivity index (χ1v) is 14.5. The Morgan fingerprint density at radius 2 is 1.12 bits per heavy atom. The summed E-state index contributed by atoms with van der Waals surface area (Å²) in [6, 6.07) is 46.6. The van der Waals surface area contributed by atoms with Crippen molar-refractivity contribution in [2.24, 2.45) is 0 Å². The molecule has 0 unspecified atom stereocenters. The monoisotopic (exact) mass is 535 g/mol. The molecule has 0 radical (unpaired) electrons. The number of fused-ring (bicyclic) bond motifs is 1. The number of para-hydroxylation sites is 1. The number of hydrogen-bond acceptors (Lipinski definition) is 0. The Morgan fingerprint density at radius 1 is 0.548 bits per heavy atom. The van der Waals surface area contributed by atoms with Crippen molar-refractivity contribution >= 4 is 49.3 Å². The lowest BCUT2D eigenvalue weighted by Gasteiger charge is -2.17. The van der Waals surface area contributed by atoms with Crippen molar-refractivity contribution < 1.29 is 0 Å². The Balaban J connectivity index is 1.29. The highest BCUT2D eigenvalue weighted by atomic mass is 15.0. The summed E-state index contributed by atoms with van der Waals surface area (Å²) in [5.41, 5.74) is 9.85. The van der Waals surface area contributed by atoms with Gasteiger partial charge in [0.25, 0.3) is 0 Å². The quantitative estimate of drug-likeness (QED) is 0.153. The second-order valence-corrected chi connectivity index (χ2v) is 11.0. The van der Waals surface area contributed by atoms with Crippen molar-refractivity contribution in [3.05, 3.63) is 157 Å². The Morgan fingerprint density at radius 3 is 1.76 bits per heavy atom. The molecule has 0 aliphatic rings. The lowest BCUT2D eigenvalue weighted by atomic mass is 9.87. The number of nitrogens with zero attached hydrogens (tertiary/aromatic N) is 1. The highest BCUT2D eigenvalue weighted by Crippen LogP contribution is 2.42. The van der Waals surface area contributed by atoms with Crippen LogP contribution in [0.3, 0.4) is 0 Å². The van der Waals surface area contributed by atoms with E-state index in [2.05, 4.69) is 152 Å². The first-order chi connectivity index (χ1) is 20.7. The molecule has 0 amide bonds. The van der Waals surface area contributed by atoms with E-state index in [0.717, 1.165) is 5.69 Å². The minimum Gasteiger partial charge on any atom is -0.313 e. The van der Waals surface area contributed by atoms with Gasteiger partial charge in [0.1, 0.15) is 0 Å². The zero-order valence-corrected chi connectivity index (χ0v) is 23.5. The second-order valence-electron chi connectivity index (χ2n) is 11.0. The first kappa shape index (κ1) is 24.4. The summed E-state index contributed by atoms with van der Waals surface area (Å²) < 4.78 is 2.36. The number of aromatic nitrogens is 1. The van der Waals surface area contributed by atoms with Gasteiger partial charge in [0, 0.05) is 22.3 Å². The van der Waals surface area contributed by atoms with Crippen molar-refractivity contribution in [3.63, 3.8) is 0 Å². The van der Waals surface area contributed by atoms with Crippen LogP contribution in [-0.2, 0) is 0 Å². The van der Waals surface area contributed by atoms with E-state index in [0.29, 0.717) is 0 Å². The summed E-state index contributed by atoms with van der Waals surface area (Å²) in [6.07, 6.45) is 6.00. The van der Waals surface area contributed by atoms with Gasteiger partial charge in [-0.3, -0.25) is 0 Å². The van der Waals surface area contributed by atoms with Crippen molar-refractivity contribution in [2.75, 3.05) is 0 Å². The molecule has 1 nitrogen and oxygen atoms in total. The zero-order valence-electron chi connectivity index (χ0n) is 23.5. The van der Waals surface area contributed by atoms with Gasteiger partial charge in [-0.15, -0.1) is 0 Å². The first-order valence-electron chi connectivity index (χ1n) is 14.5. The second kappa shape index (κ2) is 9.61. The SMILES string of the molecule is C=C/C=C\c1c(C)n(-c2ccc(-c3ccc4ccc5c(-c6ccccc6)ccc6ccc3c4c65)cc2)c2ccccc12. The van der Waals surface area contributed by atoms with E-state index in [-0.39, 0.29) is 0 Å². The Kier molecular flexibility index (Phi) is 5.58. The third kappa shape index (κ3) is 3.64. The molecule has 42 heavy (non-hydrogen) atoms. The maximum absolute atomic E-state index is 3.86. The molecule has 0 fully saturated rings. The van der Waals surface area contributed by atoms with Crippen LogP contribution in [0.5, 0.6) is 0 Å². The summed E-state index contributed by atoms with van der Waals surface area (Å²) in [6.45, 7) is 6.06. The fourth-order valence-corrected chi connectivity index (χ4v) is 6.81. The van der Waals surface area contributed by atoms with Gasteiger partial charge in [0.15, 0.2) is 0 Å².